The van der Waals surface area contributed by atoms with Crippen LogP contribution < -0.4 is 10.6 Å². The van der Waals surface area contributed by atoms with Crippen LogP contribution in [-0.2, 0) is 37.3 Å². The summed E-state index contributed by atoms with van der Waals surface area (Å²) in [5.41, 5.74) is 15.9. The monoisotopic (exact) mass is 1160 g/mol. The van der Waals surface area contributed by atoms with Crippen molar-refractivity contribution in [1.82, 2.24) is 35.6 Å². The first-order valence-corrected chi connectivity index (χ1v) is 30.4. The van der Waals surface area contributed by atoms with E-state index in [1.54, 1.807) is 0 Å². The lowest BCUT2D eigenvalue weighted by Gasteiger charge is -2.20. The summed E-state index contributed by atoms with van der Waals surface area (Å²) in [5.74, 6) is 4.01. The summed E-state index contributed by atoms with van der Waals surface area (Å²) in [7, 11) is 2.85. The van der Waals surface area contributed by atoms with Gasteiger partial charge in [-0.2, -0.15) is 0 Å². The third kappa shape index (κ3) is 11.2. The molecule has 442 valence electrons. The number of aromatic amines is 5. The normalized spacial score (nSPS) is 17.2. The van der Waals surface area contributed by atoms with E-state index in [4.69, 9.17) is 34.4 Å². The van der Waals surface area contributed by atoms with Crippen molar-refractivity contribution in [2.45, 2.75) is 116 Å². The topological polar surface area (TPSA) is 217 Å². The molecule has 7 N–H and O–H groups in total. The summed E-state index contributed by atoms with van der Waals surface area (Å²) in [5, 5.41) is 9.36. The SMILES string of the molecule is COC(=O)CCC(c1ccc[nH]1)c1ccc(C(c2ccc3c4[nH]c(c3c2)/N=C2\N=C(NC3NC(=NC5=N/C(=N\4)c4cc(C(C)(C)C)ccc45)c4cc(CC(C)C)ccc43)c3cc(CC(C)C)ccc32)c2ccc(C(CCC(=O)OC)c3ccc[nH]3)[nH]2)[nH]1. The van der Waals surface area contributed by atoms with Gasteiger partial charge in [-0.15, -0.1) is 0 Å². The molecule has 9 aromatic rings. The number of nitrogens with one attached hydrogen (secondary N) is 7. The fourth-order valence-corrected chi connectivity index (χ4v) is 12.9. The van der Waals surface area contributed by atoms with Gasteiger partial charge >= 0.3 is 11.9 Å². The number of nitrogens with zero attached hydrogens (tertiary/aromatic N) is 5. The number of hydrogen-bond acceptors (Lipinski definition) is 11. The molecule has 0 aliphatic carbocycles. The minimum Gasteiger partial charge on any atom is -0.469 e. The molecule has 0 radical (unpaired) electrons. The lowest BCUT2D eigenvalue weighted by molar-refractivity contribution is -0.141. The Hall–Kier alpha value is -9.57. The molecule has 0 saturated carbocycles. The third-order valence-corrected chi connectivity index (χ3v) is 17.2. The Morgan fingerprint density at radius 3 is 1.61 bits per heavy atom. The number of rotatable bonds is 17. The van der Waals surface area contributed by atoms with E-state index in [0.29, 0.717) is 59.7 Å². The van der Waals surface area contributed by atoms with Crippen LogP contribution in [0.15, 0.2) is 159 Å². The summed E-state index contributed by atoms with van der Waals surface area (Å²) in [6.45, 7) is 15.6. The zero-order chi connectivity index (χ0) is 60.3. The number of fused-ring (bicyclic) bond motifs is 18. The number of aliphatic imine (C=N–C) groups is 5. The van der Waals surface area contributed by atoms with Gasteiger partial charge in [0.1, 0.15) is 29.5 Å². The van der Waals surface area contributed by atoms with Crippen molar-refractivity contribution in [3.05, 3.63) is 224 Å². The Kier molecular flexibility index (Phi) is 15.0. The highest BCUT2D eigenvalue weighted by Gasteiger charge is 2.35. The predicted octanol–water partition coefficient (Wildman–Crippen LogP) is 13.9. The second-order valence-corrected chi connectivity index (χ2v) is 25.3. The van der Waals surface area contributed by atoms with Crippen molar-refractivity contribution in [2.75, 3.05) is 14.2 Å². The predicted molar refractivity (Wildman–Crippen MR) is 345 cm³/mol. The standard InChI is InChI=1S/C71H74N12O4/c1-38(2)32-40-14-18-44-50(34-40)68-77-63(44)76-67-51-35-41(33-39(3)4)15-19-45(51)64(78-67)80-69-52-36-42(16-20-46(52)65(81-69)82-70-53-37-43(71(5,6)7)17-21-47(53)66(79-68)83-70)62(58-26-24-56(74-58)48(22-28-60(84)86-8)54-12-10-30-72-54)59-27-25-57(75-59)49(23-29-61(85)87-9)55-13-11-31-73-55/h10-21,24-27,30-31,34-39,48-49,62-63,72-75,81H,22-23,28-29,32-33H2,1-9H3,(H,76,78,80)(H,77,79,82,83). The number of amidine groups is 5. The van der Waals surface area contributed by atoms with E-state index < -0.39 is 0 Å². The highest BCUT2D eigenvalue weighted by Crippen LogP contribution is 2.43. The Bertz CT molecular complexity index is 4170. The first-order chi connectivity index (χ1) is 42.0. The van der Waals surface area contributed by atoms with Crippen molar-refractivity contribution >= 4 is 63.5 Å². The molecule has 87 heavy (non-hydrogen) atoms. The van der Waals surface area contributed by atoms with Gasteiger partial charge in [0, 0.05) is 115 Å². The van der Waals surface area contributed by atoms with Gasteiger partial charge in [-0.25, -0.2) is 25.0 Å². The summed E-state index contributed by atoms with van der Waals surface area (Å²) in [6, 6.07) is 43.0. The fourth-order valence-electron chi connectivity index (χ4n) is 12.9. The molecule has 4 aromatic carbocycles. The number of carbonyl (C=O) groups is 2. The molecule has 3 atom stereocenters. The summed E-state index contributed by atoms with van der Waals surface area (Å²) in [4.78, 5) is 70.9. The highest BCUT2D eigenvalue weighted by atomic mass is 16.5. The van der Waals surface area contributed by atoms with Crippen molar-refractivity contribution < 1.29 is 19.1 Å². The Labute approximate surface area is 506 Å². The van der Waals surface area contributed by atoms with E-state index >= 15 is 0 Å². The van der Waals surface area contributed by atoms with Gasteiger partial charge in [-0.05, 0) is 138 Å². The summed E-state index contributed by atoms with van der Waals surface area (Å²) >= 11 is 0. The fraction of sp³-hybridized carbons (Fsp3) is 0.310. The van der Waals surface area contributed by atoms with Crippen molar-refractivity contribution in [3.63, 3.8) is 0 Å². The molecule has 9 heterocycles. The van der Waals surface area contributed by atoms with Crippen molar-refractivity contribution in [3.8, 4) is 0 Å². The Morgan fingerprint density at radius 1 is 0.506 bits per heavy atom. The molecule has 5 aromatic heterocycles. The molecular weight excluding hydrogens is 1080 g/mol. The Morgan fingerprint density at radius 2 is 1.03 bits per heavy atom. The molecule has 0 amide bonds. The molecule has 16 nitrogen and oxygen atoms in total. The van der Waals surface area contributed by atoms with E-state index in [1.807, 2.05) is 24.5 Å². The number of aromatic nitrogens is 5. The molecule has 4 aliphatic rings. The number of esters is 2. The first kappa shape index (κ1) is 56.6. The average molecular weight is 1160 g/mol. The highest BCUT2D eigenvalue weighted by molar-refractivity contribution is 6.27. The molecule has 8 bridgehead atoms. The van der Waals surface area contributed by atoms with Gasteiger partial charge in [0.2, 0.25) is 0 Å². The molecular formula is C71H74N12O4. The molecule has 3 unspecified atom stereocenters. The number of methoxy groups -OCH3 is 2. The number of ether oxygens (including phenoxy) is 2. The van der Waals surface area contributed by atoms with Crippen LogP contribution in [0.2, 0.25) is 0 Å². The van der Waals surface area contributed by atoms with Crippen LogP contribution in [-0.4, -0.2) is 80.3 Å². The third-order valence-electron chi connectivity index (χ3n) is 17.2. The Balaban J connectivity index is 1.01. The van der Waals surface area contributed by atoms with Gasteiger partial charge in [-0.1, -0.05) is 97.0 Å². The smallest absolute Gasteiger partial charge is 0.305 e. The van der Waals surface area contributed by atoms with Crippen LogP contribution in [0.5, 0.6) is 0 Å². The molecule has 13 rings (SSSR count). The molecule has 0 saturated heterocycles. The van der Waals surface area contributed by atoms with Gasteiger partial charge in [0.15, 0.2) is 17.5 Å². The first-order valence-electron chi connectivity index (χ1n) is 30.4. The van der Waals surface area contributed by atoms with E-state index in [9.17, 15) is 9.59 Å². The minimum absolute atomic E-state index is 0.152. The van der Waals surface area contributed by atoms with Crippen LogP contribution in [0, 0.1) is 11.8 Å². The summed E-state index contributed by atoms with van der Waals surface area (Å²) < 4.78 is 10.2. The van der Waals surface area contributed by atoms with Crippen LogP contribution in [0.1, 0.15) is 188 Å². The van der Waals surface area contributed by atoms with Crippen molar-refractivity contribution in [1.29, 1.82) is 0 Å². The number of benzene rings is 4. The zero-order valence-corrected chi connectivity index (χ0v) is 50.8. The van der Waals surface area contributed by atoms with Crippen LogP contribution in [0.25, 0.3) is 10.8 Å². The summed E-state index contributed by atoms with van der Waals surface area (Å²) in [6.07, 6.45) is 6.83. The quantitative estimate of drug-likeness (QED) is 0.0440. The average Bonchev–Trinajstić information content (AvgIpc) is 1.69. The van der Waals surface area contributed by atoms with E-state index in [1.165, 1.54) is 25.3 Å². The van der Waals surface area contributed by atoms with Gasteiger partial charge < -0.3 is 45.0 Å². The minimum atomic E-state index is -0.380. The maximum absolute atomic E-state index is 12.7. The molecule has 0 spiro atoms. The lowest BCUT2D eigenvalue weighted by atomic mass is 9.85. The number of carbonyl (C=O) groups excluding carboxylic acids is 2. The largest absolute Gasteiger partial charge is 0.469 e. The second-order valence-electron chi connectivity index (χ2n) is 25.3. The van der Waals surface area contributed by atoms with Crippen LogP contribution in [0.3, 0.4) is 0 Å². The van der Waals surface area contributed by atoms with E-state index in [0.717, 1.165) is 108 Å². The lowest BCUT2D eigenvalue weighted by Crippen LogP contribution is -2.36. The zero-order valence-electron chi connectivity index (χ0n) is 50.8. The van der Waals surface area contributed by atoms with Crippen molar-refractivity contribution in [2.24, 2.45) is 36.8 Å². The van der Waals surface area contributed by atoms with Crippen LogP contribution >= 0.6 is 0 Å². The van der Waals surface area contributed by atoms with Gasteiger partial charge in [-0.3, -0.25) is 9.59 Å². The molecule has 16 heteroatoms. The van der Waals surface area contributed by atoms with Gasteiger partial charge in [0.25, 0.3) is 0 Å². The van der Waals surface area contributed by atoms with Gasteiger partial charge in [0.05, 0.1) is 20.1 Å². The molecule has 4 aliphatic heterocycles. The number of hydrogen-bond donors (Lipinski definition) is 7. The maximum Gasteiger partial charge on any atom is 0.305 e. The maximum atomic E-state index is 12.7. The van der Waals surface area contributed by atoms with E-state index in [2.05, 4.69) is 193 Å². The van der Waals surface area contributed by atoms with E-state index in [-0.39, 0.29) is 54.1 Å². The van der Waals surface area contributed by atoms with Crippen LogP contribution in [0.4, 0.5) is 11.6 Å². The molecule has 0 fully saturated rings. The second kappa shape index (κ2) is 23.0. The number of H-pyrrole nitrogens is 5.